The van der Waals surface area contributed by atoms with Gasteiger partial charge in [-0.15, -0.1) is 0 Å². The predicted molar refractivity (Wildman–Crippen MR) is 115 cm³/mol. The van der Waals surface area contributed by atoms with Gasteiger partial charge in [-0.25, -0.2) is 4.68 Å². The smallest absolute Gasteiger partial charge is 0.191 e. The minimum absolute atomic E-state index is 0.142. The molecule has 29 heavy (non-hydrogen) atoms. The van der Waals surface area contributed by atoms with E-state index in [0.29, 0.717) is 6.54 Å². The molecule has 0 radical (unpaired) electrons. The van der Waals surface area contributed by atoms with Gasteiger partial charge in [0.25, 0.3) is 0 Å². The van der Waals surface area contributed by atoms with E-state index in [2.05, 4.69) is 64.9 Å². The highest BCUT2D eigenvalue weighted by atomic mass is 16.5. The molecule has 150 valence electrons. The molecule has 4 rings (SSSR count). The number of rotatable bonds is 4. The maximum Gasteiger partial charge on any atom is 0.191 e. The predicted octanol–water partition coefficient (Wildman–Crippen LogP) is 3.84. The summed E-state index contributed by atoms with van der Waals surface area (Å²) in [5, 5.41) is 11.2. The summed E-state index contributed by atoms with van der Waals surface area (Å²) in [6.45, 7) is 4.93. The van der Waals surface area contributed by atoms with Crippen molar-refractivity contribution in [3.8, 4) is 11.4 Å². The lowest BCUT2D eigenvalue weighted by Crippen LogP contribution is -2.45. The molecule has 0 amide bonds. The fourth-order valence-corrected chi connectivity index (χ4v) is 3.66. The Labute approximate surface area is 171 Å². The molecule has 2 N–H and O–H groups in total. The average molecular weight is 390 g/mol. The van der Waals surface area contributed by atoms with E-state index in [4.69, 9.17) is 4.74 Å². The summed E-state index contributed by atoms with van der Waals surface area (Å²) in [5.41, 5.74) is 3.16. The van der Waals surface area contributed by atoms with Crippen LogP contribution in [-0.2, 0) is 6.54 Å². The molecule has 0 saturated carbocycles. The standard InChI is InChI=1S/C23H27N5O/c1-23(2)15-20(19-7-4-5-8-21(19)29-23)27-22(24-3)25-16-17-9-11-18(12-10-17)28-14-6-13-26-28/h4-14,20H,15-16H2,1-3H3,(H2,24,25,27). The fourth-order valence-electron chi connectivity index (χ4n) is 3.66. The van der Waals surface area contributed by atoms with Gasteiger partial charge >= 0.3 is 0 Å². The number of aromatic nitrogens is 2. The van der Waals surface area contributed by atoms with E-state index in [1.54, 1.807) is 13.2 Å². The zero-order valence-electron chi connectivity index (χ0n) is 17.1. The summed E-state index contributed by atoms with van der Waals surface area (Å²) >= 11 is 0. The van der Waals surface area contributed by atoms with Gasteiger partial charge in [0.05, 0.1) is 11.7 Å². The Morgan fingerprint density at radius 1 is 1.17 bits per heavy atom. The highest BCUT2D eigenvalue weighted by Gasteiger charge is 2.33. The van der Waals surface area contributed by atoms with Crippen LogP contribution in [0.15, 0.2) is 72.0 Å². The van der Waals surface area contributed by atoms with Crippen molar-refractivity contribution in [2.75, 3.05) is 7.05 Å². The van der Waals surface area contributed by atoms with E-state index in [9.17, 15) is 0 Å². The number of nitrogens with one attached hydrogen (secondary N) is 2. The molecule has 2 heterocycles. The molecule has 0 saturated heterocycles. The lowest BCUT2D eigenvalue weighted by Gasteiger charge is -2.38. The Balaban J connectivity index is 1.41. The minimum atomic E-state index is -0.229. The van der Waals surface area contributed by atoms with Gasteiger partial charge in [0, 0.05) is 38.0 Å². The molecule has 1 aromatic heterocycles. The number of hydrogen-bond donors (Lipinski definition) is 2. The van der Waals surface area contributed by atoms with E-state index in [-0.39, 0.29) is 11.6 Å². The molecule has 0 spiro atoms. The first-order valence-corrected chi connectivity index (χ1v) is 9.88. The number of ether oxygens (including phenoxy) is 1. The van der Waals surface area contributed by atoms with Crippen molar-refractivity contribution in [1.29, 1.82) is 0 Å². The molecule has 6 heteroatoms. The Bertz CT molecular complexity index is 977. The third-order valence-electron chi connectivity index (χ3n) is 5.08. The minimum Gasteiger partial charge on any atom is -0.487 e. The van der Waals surface area contributed by atoms with E-state index < -0.39 is 0 Å². The largest absolute Gasteiger partial charge is 0.487 e. The van der Waals surface area contributed by atoms with Crippen LogP contribution in [0.3, 0.4) is 0 Å². The molecule has 0 aliphatic carbocycles. The quantitative estimate of drug-likeness (QED) is 0.526. The van der Waals surface area contributed by atoms with Gasteiger partial charge in [-0.2, -0.15) is 5.10 Å². The third kappa shape index (κ3) is 4.42. The summed E-state index contributed by atoms with van der Waals surface area (Å²) in [6.07, 6.45) is 4.58. The van der Waals surface area contributed by atoms with Gasteiger partial charge in [0.2, 0.25) is 0 Å². The number of guanidine groups is 1. The topological polar surface area (TPSA) is 63.5 Å². The maximum absolute atomic E-state index is 6.13. The van der Waals surface area contributed by atoms with Gasteiger partial charge in [0.1, 0.15) is 11.4 Å². The second-order valence-electron chi connectivity index (χ2n) is 7.84. The van der Waals surface area contributed by atoms with Gasteiger partial charge in [0.15, 0.2) is 5.96 Å². The van der Waals surface area contributed by atoms with E-state index in [1.165, 1.54) is 11.1 Å². The third-order valence-corrected chi connectivity index (χ3v) is 5.08. The molecule has 1 atom stereocenters. The van der Waals surface area contributed by atoms with Gasteiger partial charge < -0.3 is 15.4 Å². The van der Waals surface area contributed by atoms with Crippen LogP contribution in [0.5, 0.6) is 5.75 Å². The van der Waals surface area contributed by atoms with Crippen LogP contribution in [-0.4, -0.2) is 28.4 Å². The molecule has 2 aromatic carbocycles. The number of aliphatic imine (C=N–C) groups is 1. The molecule has 1 aliphatic rings. The van der Waals surface area contributed by atoms with Crippen LogP contribution in [0, 0.1) is 0 Å². The second-order valence-corrected chi connectivity index (χ2v) is 7.84. The van der Waals surface area contributed by atoms with Crippen LogP contribution in [0.4, 0.5) is 0 Å². The number of hydrogen-bond acceptors (Lipinski definition) is 3. The zero-order chi connectivity index (χ0) is 20.3. The summed E-state index contributed by atoms with van der Waals surface area (Å²) in [7, 11) is 1.80. The Hall–Kier alpha value is -3.28. The van der Waals surface area contributed by atoms with Crippen LogP contribution in [0.25, 0.3) is 5.69 Å². The number of fused-ring (bicyclic) bond motifs is 1. The zero-order valence-corrected chi connectivity index (χ0v) is 17.1. The Morgan fingerprint density at radius 3 is 2.69 bits per heavy atom. The van der Waals surface area contributed by atoms with Crippen LogP contribution in [0.1, 0.15) is 37.4 Å². The van der Waals surface area contributed by atoms with Crippen molar-refractivity contribution in [3.05, 3.63) is 78.1 Å². The van der Waals surface area contributed by atoms with E-state index in [0.717, 1.165) is 23.8 Å². The summed E-state index contributed by atoms with van der Waals surface area (Å²) in [5.74, 6) is 1.71. The summed E-state index contributed by atoms with van der Waals surface area (Å²) in [6, 6.07) is 18.6. The number of benzene rings is 2. The van der Waals surface area contributed by atoms with Crippen molar-refractivity contribution >= 4 is 5.96 Å². The van der Waals surface area contributed by atoms with Crippen LogP contribution >= 0.6 is 0 Å². The number of nitrogens with zero attached hydrogens (tertiary/aromatic N) is 3. The van der Waals surface area contributed by atoms with E-state index in [1.807, 2.05) is 35.1 Å². The summed E-state index contributed by atoms with van der Waals surface area (Å²) in [4.78, 5) is 4.42. The first-order chi connectivity index (χ1) is 14.0. The molecule has 6 nitrogen and oxygen atoms in total. The van der Waals surface area contributed by atoms with Crippen molar-refractivity contribution in [2.45, 2.75) is 38.5 Å². The van der Waals surface area contributed by atoms with Gasteiger partial charge in [-0.05, 0) is 43.7 Å². The highest BCUT2D eigenvalue weighted by molar-refractivity contribution is 5.80. The van der Waals surface area contributed by atoms with Gasteiger partial charge in [-0.1, -0.05) is 30.3 Å². The first-order valence-electron chi connectivity index (χ1n) is 9.88. The van der Waals surface area contributed by atoms with Crippen molar-refractivity contribution in [2.24, 2.45) is 4.99 Å². The average Bonchev–Trinajstić information content (AvgIpc) is 3.25. The normalized spacial score (nSPS) is 17.9. The fraction of sp³-hybridized carbons (Fsp3) is 0.304. The highest BCUT2D eigenvalue weighted by Crippen LogP contribution is 2.39. The molecule has 0 bridgehead atoms. The molecular weight excluding hydrogens is 362 g/mol. The van der Waals surface area contributed by atoms with Crippen molar-refractivity contribution in [3.63, 3.8) is 0 Å². The van der Waals surface area contributed by atoms with Crippen LogP contribution < -0.4 is 15.4 Å². The second kappa shape index (κ2) is 7.99. The molecule has 1 aliphatic heterocycles. The first kappa shape index (κ1) is 19.1. The molecule has 0 fully saturated rings. The maximum atomic E-state index is 6.13. The van der Waals surface area contributed by atoms with Crippen molar-refractivity contribution < 1.29 is 4.74 Å². The van der Waals surface area contributed by atoms with Gasteiger partial charge in [-0.3, -0.25) is 4.99 Å². The lowest BCUT2D eigenvalue weighted by molar-refractivity contribution is 0.0694. The SMILES string of the molecule is CN=C(NCc1ccc(-n2cccn2)cc1)NC1CC(C)(C)Oc2ccccc21. The van der Waals surface area contributed by atoms with Crippen LogP contribution in [0.2, 0.25) is 0 Å². The molecular formula is C23H27N5O. The van der Waals surface area contributed by atoms with E-state index >= 15 is 0 Å². The lowest BCUT2D eigenvalue weighted by atomic mass is 9.90. The number of para-hydroxylation sites is 1. The van der Waals surface area contributed by atoms with Crippen molar-refractivity contribution in [1.82, 2.24) is 20.4 Å². The Kier molecular flexibility index (Phi) is 5.25. The monoisotopic (exact) mass is 389 g/mol. The molecule has 1 unspecified atom stereocenters. The Morgan fingerprint density at radius 2 is 1.97 bits per heavy atom. The summed E-state index contributed by atoms with van der Waals surface area (Å²) < 4.78 is 7.98. The molecule has 3 aromatic rings.